The fourth-order valence-electron chi connectivity index (χ4n) is 0.830. The fraction of sp³-hybridized carbons (Fsp3) is 0.375. The zero-order chi connectivity index (χ0) is 9.68. The zero-order valence-electron chi connectivity index (χ0n) is 6.93. The number of hydrogen-bond donors (Lipinski definition) is 2. The smallest absolute Gasteiger partial charge is 0.140 e. The van der Waals surface area contributed by atoms with Crippen molar-refractivity contribution in [1.82, 2.24) is 4.98 Å². The van der Waals surface area contributed by atoms with Gasteiger partial charge in [0.2, 0.25) is 0 Å². The molecule has 2 N–H and O–H groups in total. The van der Waals surface area contributed by atoms with Crippen LogP contribution in [0.3, 0.4) is 0 Å². The lowest BCUT2D eigenvalue weighted by molar-refractivity contribution is 0.292. The summed E-state index contributed by atoms with van der Waals surface area (Å²) in [4.78, 5) is 4.08. The first kappa shape index (κ1) is 10.8. The van der Waals surface area contributed by atoms with Crippen molar-refractivity contribution in [2.24, 2.45) is 0 Å². The van der Waals surface area contributed by atoms with Crippen molar-refractivity contribution in [3.8, 4) is 0 Å². The van der Waals surface area contributed by atoms with Gasteiger partial charge in [-0.15, -0.1) is 0 Å². The average Bonchev–Trinajstić information content (AvgIpc) is 2.09. The molecule has 1 rings (SSSR count). The molecule has 0 aliphatic carbocycles. The Bertz CT molecular complexity index is 283. The Hall–Kier alpha value is -0.320. The van der Waals surface area contributed by atoms with Crippen LogP contribution < -0.4 is 5.32 Å². The van der Waals surface area contributed by atoms with Crippen molar-refractivity contribution in [3.05, 3.63) is 21.8 Å². The quantitative estimate of drug-likeness (QED) is 0.821. The molecule has 0 amide bonds. The SMILES string of the molecule is OCCCNc1ncc(Cl)cc1Br. The van der Waals surface area contributed by atoms with Gasteiger partial charge in [0.25, 0.3) is 0 Å². The molecule has 0 fully saturated rings. The molecule has 13 heavy (non-hydrogen) atoms. The maximum absolute atomic E-state index is 8.56. The minimum Gasteiger partial charge on any atom is -0.396 e. The molecule has 72 valence electrons. The fourth-order valence-corrected chi connectivity index (χ4v) is 1.61. The molecule has 0 saturated heterocycles. The molecular weight excluding hydrogens is 255 g/mol. The van der Waals surface area contributed by atoms with E-state index in [2.05, 4.69) is 26.2 Å². The molecule has 0 aromatic carbocycles. The van der Waals surface area contributed by atoms with Crippen LogP contribution in [-0.4, -0.2) is 23.2 Å². The molecule has 0 aliphatic rings. The van der Waals surface area contributed by atoms with E-state index in [9.17, 15) is 0 Å². The molecule has 0 spiro atoms. The standard InChI is InChI=1S/C8H10BrClN2O/c9-7-4-6(10)5-12-8(7)11-2-1-3-13/h4-5,13H,1-3H2,(H,11,12). The lowest BCUT2D eigenvalue weighted by Gasteiger charge is -2.05. The van der Waals surface area contributed by atoms with E-state index in [1.165, 1.54) is 0 Å². The highest BCUT2D eigenvalue weighted by molar-refractivity contribution is 9.10. The highest BCUT2D eigenvalue weighted by Crippen LogP contribution is 2.22. The molecule has 0 unspecified atom stereocenters. The van der Waals surface area contributed by atoms with E-state index in [-0.39, 0.29) is 6.61 Å². The van der Waals surface area contributed by atoms with E-state index in [0.717, 1.165) is 10.3 Å². The van der Waals surface area contributed by atoms with Crippen molar-refractivity contribution in [3.63, 3.8) is 0 Å². The molecule has 0 atom stereocenters. The van der Waals surface area contributed by atoms with Gasteiger partial charge < -0.3 is 10.4 Å². The van der Waals surface area contributed by atoms with Crippen molar-refractivity contribution in [1.29, 1.82) is 0 Å². The number of halogens is 2. The molecule has 1 aromatic heterocycles. The first-order valence-corrected chi connectivity index (χ1v) is 5.07. The summed E-state index contributed by atoms with van der Waals surface area (Å²) in [5, 5.41) is 12.2. The van der Waals surface area contributed by atoms with Gasteiger partial charge in [0, 0.05) is 19.3 Å². The van der Waals surface area contributed by atoms with Crippen molar-refractivity contribution in [2.75, 3.05) is 18.5 Å². The first-order valence-electron chi connectivity index (χ1n) is 3.90. The van der Waals surface area contributed by atoms with Gasteiger partial charge >= 0.3 is 0 Å². The maximum atomic E-state index is 8.56. The molecule has 0 bridgehead atoms. The van der Waals surface area contributed by atoms with Crippen molar-refractivity contribution in [2.45, 2.75) is 6.42 Å². The largest absolute Gasteiger partial charge is 0.396 e. The third kappa shape index (κ3) is 3.50. The Balaban J connectivity index is 2.56. The molecule has 0 saturated carbocycles. The summed E-state index contributed by atoms with van der Waals surface area (Å²) >= 11 is 9.05. The zero-order valence-corrected chi connectivity index (χ0v) is 9.27. The number of rotatable bonds is 4. The second-order valence-electron chi connectivity index (χ2n) is 2.49. The van der Waals surface area contributed by atoms with Gasteiger partial charge in [-0.2, -0.15) is 0 Å². The monoisotopic (exact) mass is 264 g/mol. The van der Waals surface area contributed by atoms with Crippen LogP contribution in [-0.2, 0) is 0 Å². The number of nitrogens with one attached hydrogen (secondary N) is 1. The van der Waals surface area contributed by atoms with E-state index in [0.29, 0.717) is 18.0 Å². The number of hydrogen-bond acceptors (Lipinski definition) is 3. The van der Waals surface area contributed by atoms with Gasteiger partial charge in [-0.25, -0.2) is 4.98 Å². The van der Waals surface area contributed by atoms with Crippen LogP contribution in [0, 0.1) is 0 Å². The summed E-state index contributed by atoms with van der Waals surface area (Å²) < 4.78 is 0.831. The maximum Gasteiger partial charge on any atom is 0.140 e. The van der Waals surface area contributed by atoms with Crippen molar-refractivity contribution >= 4 is 33.3 Å². The second kappa shape index (κ2) is 5.42. The van der Waals surface area contributed by atoms with E-state index >= 15 is 0 Å². The molecule has 3 nitrogen and oxygen atoms in total. The predicted octanol–water partition coefficient (Wildman–Crippen LogP) is 2.29. The third-order valence-corrected chi connectivity index (χ3v) is 2.25. The number of pyridine rings is 1. The van der Waals surface area contributed by atoms with E-state index in [1.54, 1.807) is 12.3 Å². The molecule has 1 aromatic rings. The minimum absolute atomic E-state index is 0.179. The lowest BCUT2D eigenvalue weighted by Crippen LogP contribution is -2.05. The van der Waals surface area contributed by atoms with Gasteiger partial charge in [0.1, 0.15) is 5.82 Å². The van der Waals surface area contributed by atoms with Crippen LogP contribution in [0.5, 0.6) is 0 Å². The molecule has 0 radical (unpaired) electrons. The molecule has 1 heterocycles. The number of nitrogens with zero attached hydrogens (tertiary/aromatic N) is 1. The van der Waals surface area contributed by atoms with Crippen LogP contribution in [0.1, 0.15) is 6.42 Å². The van der Waals surface area contributed by atoms with E-state index in [4.69, 9.17) is 16.7 Å². The van der Waals surface area contributed by atoms with Crippen LogP contribution in [0.2, 0.25) is 5.02 Å². The topological polar surface area (TPSA) is 45.1 Å². The summed E-state index contributed by atoms with van der Waals surface area (Å²) in [5.41, 5.74) is 0. The van der Waals surface area contributed by atoms with Crippen LogP contribution >= 0.6 is 27.5 Å². The first-order chi connectivity index (χ1) is 6.24. The summed E-state index contributed by atoms with van der Waals surface area (Å²) in [6.07, 6.45) is 2.28. The summed E-state index contributed by atoms with van der Waals surface area (Å²) in [6, 6.07) is 1.77. The van der Waals surface area contributed by atoms with Crippen LogP contribution in [0.4, 0.5) is 5.82 Å². The van der Waals surface area contributed by atoms with Crippen molar-refractivity contribution < 1.29 is 5.11 Å². The second-order valence-corrected chi connectivity index (χ2v) is 3.78. The van der Waals surface area contributed by atoms with Crippen LogP contribution in [0.25, 0.3) is 0 Å². The normalized spacial score (nSPS) is 10.1. The van der Waals surface area contributed by atoms with Gasteiger partial charge in [0.15, 0.2) is 0 Å². The van der Waals surface area contributed by atoms with Crippen LogP contribution in [0.15, 0.2) is 16.7 Å². The van der Waals surface area contributed by atoms with E-state index < -0.39 is 0 Å². The Morgan fingerprint density at radius 2 is 2.38 bits per heavy atom. The number of aliphatic hydroxyl groups is 1. The predicted molar refractivity (Wildman–Crippen MR) is 57.1 cm³/mol. The van der Waals surface area contributed by atoms with Gasteiger partial charge in [-0.05, 0) is 28.4 Å². The Morgan fingerprint density at radius 3 is 3.00 bits per heavy atom. The molecular formula is C8H10BrClN2O. The third-order valence-electron chi connectivity index (χ3n) is 1.44. The highest BCUT2D eigenvalue weighted by atomic mass is 79.9. The minimum atomic E-state index is 0.179. The number of aromatic nitrogens is 1. The highest BCUT2D eigenvalue weighted by Gasteiger charge is 2.00. The Morgan fingerprint density at radius 1 is 1.62 bits per heavy atom. The molecule has 5 heteroatoms. The number of aliphatic hydroxyl groups excluding tert-OH is 1. The summed E-state index contributed by atoms with van der Waals surface area (Å²) in [7, 11) is 0. The Kier molecular flexibility index (Phi) is 4.48. The van der Waals surface area contributed by atoms with Gasteiger partial charge in [0.05, 0.1) is 9.50 Å². The van der Waals surface area contributed by atoms with Gasteiger partial charge in [-0.1, -0.05) is 11.6 Å². The number of anilines is 1. The lowest BCUT2D eigenvalue weighted by atomic mass is 10.4. The summed E-state index contributed by atoms with van der Waals surface area (Å²) in [5.74, 6) is 0.748. The Labute approximate surface area is 90.3 Å². The summed E-state index contributed by atoms with van der Waals surface area (Å²) in [6.45, 7) is 0.877. The molecule has 0 aliphatic heterocycles. The average molecular weight is 266 g/mol. The van der Waals surface area contributed by atoms with E-state index in [1.807, 2.05) is 0 Å². The van der Waals surface area contributed by atoms with Gasteiger partial charge in [-0.3, -0.25) is 0 Å².